The van der Waals surface area contributed by atoms with Gasteiger partial charge in [-0.1, -0.05) is 25.8 Å². The molecule has 0 N–H and O–H groups in total. The second-order valence-corrected chi connectivity index (χ2v) is 8.72. The highest BCUT2D eigenvalue weighted by Gasteiger charge is 2.18. The lowest BCUT2D eigenvalue weighted by atomic mass is 9.99. The number of benzene rings is 2. The molecule has 0 spiro atoms. The number of hydrogen-bond acceptors (Lipinski definition) is 10. The van der Waals surface area contributed by atoms with Crippen LogP contribution in [-0.4, -0.2) is 56.3 Å². The van der Waals surface area contributed by atoms with E-state index >= 15 is 0 Å². The smallest absolute Gasteiger partial charge is 0.338 e. The van der Waals surface area contributed by atoms with Gasteiger partial charge in [-0.15, -0.1) is 0 Å². The molecular formula is C30H29FO10. The van der Waals surface area contributed by atoms with Crippen LogP contribution >= 0.6 is 0 Å². The molecule has 0 aromatic heterocycles. The SMILES string of the molecule is C=C(C)C(=O)OCCOC(=O)c1cc(C(=O)OCCOC(=O)C(=C)C)cc(-c2ccc(OC(=O)C(=C)C)c(F)c2)c1. The number of ether oxygens (including phenoxy) is 5. The summed E-state index contributed by atoms with van der Waals surface area (Å²) < 4.78 is 39.7. The Bertz CT molecular complexity index is 1340. The molecule has 2 aromatic rings. The van der Waals surface area contributed by atoms with E-state index in [1.54, 1.807) is 0 Å². The molecule has 216 valence electrons. The summed E-state index contributed by atoms with van der Waals surface area (Å²) in [6, 6.07) is 7.57. The van der Waals surface area contributed by atoms with E-state index in [2.05, 4.69) is 19.7 Å². The summed E-state index contributed by atoms with van der Waals surface area (Å²) in [4.78, 5) is 60.2. The second kappa shape index (κ2) is 14.9. The fraction of sp³-hybridized carbons (Fsp3) is 0.233. The second-order valence-electron chi connectivity index (χ2n) is 8.72. The lowest BCUT2D eigenvalue weighted by Crippen LogP contribution is -2.16. The molecule has 0 bridgehead atoms. The van der Waals surface area contributed by atoms with Crippen LogP contribution < -0.4 is 4.74 Å². The van der Waals surface area contributed by atoms with Crippen LogP contribution in [0.15, 0.2) is 72.9 Å². The van der Waals surface area contributed by atoms with Crippen LogP contribution in [0, 0.1) is 5.82 Å². The minimum absolute atomic E-state index is 0.0756. The molecule has 0 fully saturated rings. The van der Waals surface area contributed by atoms with E-state index in [-0.39, 0.29) is 71.2 Å². The average molecular weight is 569 g/mol. The van der Waals surface area contributed by atoms with Crippen molar-refractivity contribution in [3.63, 3.8) is 0 Å². The summed E-state index contributed by atoms with van der Waals surface area (Å²) in [5.41, 5.74) is 0.702. The predicted octanol–water partition coefficient (Wildman–Crippen LogP) is 4.53. The Balaban J connectivity index is 2.30. The molecule has 0 aliphatic rings. The maximum atomic E-state index is 14.7. The van der Waals surface area contributed by atoms with Crippen molar-refractivity contribution in [1.82, 2.24) is 0 Å². The molecular weight excluding hydrogens is 539 g/mol. The summed E-state index contributed by atoms with van der Waals surface area (Å²) in [6.45, 7) is 13.6. The molecule has 10 nitrogen and oxygen atoms in total. The van der Waals surface area contributed by atoms with Crippen LogP contribution in [0.2, 0.25) is 0 Å². The van der Waals surface area contributed by atoms with Crippen LogP contribution in [0.3, 0.4) is 0 Å². The first kappa shape index (κ1) is 32.2. The highest BCUT2D eigenvalue weighted by Crippen LogP contribution is 2.28. The number of esters is 5. The Kier molecular flexibility index (Phi) is 11.7. The van der Waals surface area contributed by atoms with Gasteiger partial charge in [-0.3, -0.25) is 0 Å². The molecule has 0 aliphatic heterocycles. The van der Waals surface area contributed by atoms with Crippen molar-refractivity contribution in [3.8, 4) is 16.9 Å². The van der Waals surface area contributed by atoms with Crippen LogP contribution in [0.4, 0.5) is 4.39 Å². The first-order valence-corrected chi connectivity index (χ1v) is 12.1. The normalized spacial score (nSPS) is 10.1. The molecule has 0 unspecified atom stereocenters. The van der Waals surface area contributed by atoms with Crippen LogP contribution in [-0.2, 0) is 33.3 Å². The summed E-state index contributed by atoms with van der Waals surface area (Å²) >= 11 is 0. The zero-order chi connectivity index (χ0) is 30.7. The van der Waals surface area contributed by atoms with E-state index in [1.165, 1.54) is 51.1 Å². The summed E-state index contributed by atoms with van der Waals surface area (Å²) in [6.07, 6.45) is 0. The fourth-order valence-corrected chi connectivity index (χ4v) is 2.93. The molecule has 2 aromatic carbocycles. The summed E-state index contributed by atoms with van der Waals surface area (Å²) in [5.74, 6) is -5.07. The van der Waals surface area contributed by atoms with Gasteiger partial charge in [0.1, 0.15) is 26.4 Å². The average Bonchev–Trinajstić information content (AvgIpc) is 2.93. The molecule has 41 heavy (non-hydrogen) atoms. The van der Waals surface area contributed by atoms with Gasteiger partial charge in [-0.25, -0.2) is 28.4 Å². The predicted molar refractivity (Wildman–Crippen MR) is 144 cm³/mol. The number of carbonyl (C=O) groups is 5. The molecule has 0 heterocycles. The molecule has 0 radical (unpaired) electrons. The molecule has 11 heteroatoms. The van der Waals surface area contributed by atoms with Gasteiger partial charge in [0.15, 0.2) is 11.6 Å². The van der Waals surface area contributed by atoms with Crippen LogP contribution in [0.1, 0.15) is 41.5 Å². The monoisotopic (exact) mass is 568 g/mol. The zero-order valence-electron chi connectivity index (χ0n) is 22.9. The first-order chi connectivity index (χ1) is 19.3. The van der Waals surface area contributed by atoms with Gasteiger partial charge in [0, 0.05) is 16.7 Å². The maximum Gasteiger partial charge on any atom is 0.338 e. The minimum Gasteiger partial charge on any atom is -0.459 e. The Morgan fingerprint density at radius 2 is 1.05 bits per heavy atom. The van der Waals surface area contributed by atoms with Crippen molar-refractivity contribution < 1.29 is 52.0 Å². The van der Waals surface area contributed by atoms with Gasteiger partial charge in [-0.05, 0) is 62.2 Å². The zero-order valence-corrected chi connectivity index (χ0v) is 22.9. The highest BCUT2D eigenvalue weighted by molar-refractivity contribution is 5.97. The maximum absolute atomic E-state index is 14.7. The van der Waals surface area contributed by atoms with E-state index in [0.29, 0.717) is 0 Å². The van der Waals surface area contributed by atoms with E-state index in [1.807, 2.05) is 0 Å². The van der Waals surface area contributed by atoms with Gasteiger partial charge in [-0.2, -0.15) is 0 Å². The van der Waals surface area contributed by atoms with E-state index < -0.39 is 35.7 Å². The van der Waals surface area contributed by atoms with Crippen LogP contribution in [0.25, 0.3) is 11.1 Å². The molecule has 0 saturated carbocycles. The van der Waals surface area contributed by atoms with Crippen molar-refractivity contribution in [2.75, 3.05) is 26.4 Å². The van der Waals surface area contributed by atoms with Gasteiger partial charge < -0.3 is 23.7 Å². The van der Waals surface area contributed by atoms with Gasteiger partial charge in [0.05, 0.1) is 11.1 Å². The largest absolute Gasteiger partial charge is 0.459 e. The third-order valence-electron chi connectivity index (χ3n) is 5.02. The van der Waals surface area contributed by atoms with Crippen molar-refractivity contribution >= 4 is 29.8 Å². The molecule has 0 saturated heterocycles. The molecule has 0 atom stereocenters. The van der Waals surface area contributed by atoms with Crippen molar-refractivity contribution in [2.24, 2.45) is 0 Å². The van der Waals surface area contributed by atoms with Gasteiger partial charge in [0.25, 0.3) is 0 Å². The number of carbonyl (C=O) groups excluding carboxylic acids is 5. The summed E-state index contributed by atoms with van der Waals surface area (Å²) in [5, 5.41) is 0. The van der Waals surface area contributed by atoms with E-state index in [9.17, 15) is 28.4 Å². The third-order valence-corrected chi connectivity index (χ3v) is 5.02. The van der Waals surface area contributed by atoms with Gasteiger partial charge in [0.2, 0.25) is 0 Å². The Labute approximate surface area is 236 Å². The van der Waals surface area contributed by atoms with Crippen LogP contribution in [0.5, 0.6) is 5.75 Å². The lowest BCUT2D eigenvalue weighted by molar-refractivity contribution is -0.140. The number of rotatable bonds is 13. The fourth-order valence-electron chi connectivity index (χ4n) is 2.93. The van der Waals surface area contributed by atoms with Crippen molar-refractivity contribution in [1.29, 1.82) is 0 Å². The number of halogens is 1. The Morgan fingerprint density at radius 3 is 1.46 bits per heavy atom. The molecule has 0 aliphatic carbocycles. The Morgan fingerprint density at radius 1 is 0.610 bits per heavy atom. The van der Waals surface area contributed by atoms with Gasteiger partial charge >= 0.3 is 29.8 Å². The Hall–Kier alpha value is -5.06. The third kappa shape index (κ3) is 9.88. The number of hydrogen-bond donors (Lipinski definition) is 0. The van der Waals surface area contributed by atoms with Crippen molar-refractivity contribution in [2.45, 2.75) is 20.8 Å². The van der Waals surface area contributed by atoms with Crippen molar-refractivity contribution in [3.05, 3.63) is 89.8 Å². The van der Waals surface area contributed by atoms with E-state index in [4.69, 9.17) is 23.7 Å². The standard InChI is InChI=1S/C30H29FO10/c1-17(2)26(32)37-9-11-39-29(35)22-13-21(20-7-8-25(24(31)16-20)41-28(34)19(5)6)14-23(15-22)30(36)40-12-10-38-27(33)18(3)4/h7-8,13-16H,1,3,5,9-12H2,2,4,6H3. The lowest BCUT2D eigenvalue weighted by Gasteiger charge is -2.12. The topological polar surface area (TPSA) is 132 Å². The highest BCUT2D eigenvalue weighted by atomic mass is 19.1. The first-order valence-electron chi connectivity index (χ1n) is 12.1. The minimum atomic E-state index is -0.882. The molecule has 0 amide bonds. The van der Waals surface area contributed by atoms with E-state index in [0.717, 1.165) is 6.07 Å². The molecule has 2 rings (SSSR count). The quantitative estimate of drug-likeness (QED) is 0.112. The summed E-state index contributed by atoms with van der Waals surface area (Å²) in [7, 11) is 0.